The van der Waals surface area contributed by atoms with E-state index in [2.05, 4.69) is 15.2 Å². The third kappa shape index (κ3) is 1.78. The molecule has 0 atom stereocenters. The lowest BCUT2D eigenvalue weighted by molar-refractivity contribution is 0.828. The van der Waals surface area contributed by atoms with Crippen molar-refractivity contribution in [2.24, 2.45) is 0 Å². The normalized spacial score (nSPS) is 11.0. The Morgan fingerprint density at radius 3 is 2.10 bits per heavy atom. The van der Waals surface area contributed by atoms with Gasteiger partial charge >= 0.3 is 0 Å². The van der Waals surface area contributed by atoms with Crippen LogP contribution in [0.2, 0.25) is 0 Å². The highest BCUT2D eigenvalue weighted by Crippen LogP contribution is 2.21. The molecule has 20 heavy (non-hydrogen) atoms. The Kier molecular flexibility index (Phi) is 2.39. The predicted octanol–water partition coefficient (Wildman–Crippen LogP) is 3.39. The minimum Gasteiger partial charge on any atom is -0.259 e. The molecule has 0 aliphatic rings. The summed E-state index contributed by atoms with van der Waals surface area (Å²) in [7, 11) is 0. The molecule has 96 valence electrons. The lowest BCUT2D eigenvalue weighted by Gasteiger charge is -1.95. The first-order valence-corrected chi connectivity index (χ1v) is 6.47. The molecule has 1 N–H and O–H groups in total. The Labute approximate surface area is 115 Å². The van der Waals surface area contributed by atoms with Crippen molar-refractivity contribution < 1.29 is 0 Å². The van der Waals surface area contributed by atoms with Gasteiger partial charge < -0.3 is 0 Å². The third-order valence-electron chi connectivity index (χ3n) is 3.25. The summed E-state index contributed by atoms with van der Waals surface area (Å²) in [6.45, 7) is 0. The number of aromatic amines is 1. The Bertz CT molecular complexity index is 743. The third-order valence-corrected chi connectivity index (χ3v) is 3.25. The Balaban J connectivity index is 1.78. The van der Waals surface area contributed by atoms with Gasteiger partial charge in [-0.2, -0.15) is 9.73 Å². The van der Waals surface area contributed by atoms with Gasteiger partial charge in [-0.15, -0.1) is 0 Å². The maximum atomic E-state index is 4.57. The molecular weight excluding hydrogens is 248 g/mol. The van der Waals surface area contributed by atoms with E-state index in [9.17, 15) is 0 Å². The smallest absolute Gasteiger partial charge is 0.176 e. The number of hydrogen-bond donors (Lipinski definition) is 1. The Morgan fingerprint density at radius 2 is 1.45 bits per heavy atom. The number of rotatable bonds is 2. The molecule has 2 aromatic carbocycles. The van der Waals surface area contributed by atoms with E-state index in [1.165, 1.54) is 0 Å². The molecule has 2 aromatic heterocycles. The topological polar surface area (TPSA) is 46.0 Å². The summed E-state index contributed by atoms with van der Waals surface area (Å²) in [5.74, 6) is 0.827. The van der Waals surface area contributed by atoms with Gasteiger partial charge in [0, 0.05) is 17.2 Å². The van der Waals surface area contributed by atoms with Gasteiger partial charge in [-0.25, -0.2) is 4.98 Å². The van der Waals surface area contributed by atoms with Crippen molar-refractivity contribution in [3.8, 4) is 22.6 Å². The van der Waals surface area contributed by atoms with Crippen LogP contribution in [0.15, 0.2) is 66.7 Å². The molecule has 2 heterocycles. The Hall–Kier alpha value is -2.88. The highest BCUT2D eigenvalue weighted by atomic mass is 15.5. The van der Waals surface area contributed by atoms with Crippen LogP contribution in [-0.2, 0) is 0 Å². The molecule has 0 radical (unpaired) electrons. The molecule has 0 aliphatic heterocycles. The fourth-order valence-corrected chi connectivity index (χ4v) is 2.25. The molecule has 4 rings (SSSR count). The van der Waals surface area contributed by atoms with Gasteiger partial charge in [0.1, 0.15) is 0 Å². The highest BCUT2D eigenvalue weighted by Gasteiger charge is 2.09. The molecule has 0 spiro atoms. The van der Waals surface area contributed by atoms with Crippen molar-refractivity contribution >= 4 is 5.65 Å². The van der Waals surface area contributed by atoms with Gasteiger partial charge in [0.05, 0.1) is 5.69 Å². The van der Waals surface area contributed by atoms with Crippen molar-refractivity contribution in [3.05, 3.63) is 66.7 Å². The molecule has 4 heteroatoms. The zero-order valence-electron chi connectivity index (χ0n) is 10.7. The van der Waals surface area contributed by atoms with E-state index in [4.69, 9.17) is 0 Å². The number of H-pyrrole nitrogens is 1. The summed E-state index contributed by atoms with van der Waals surface area (Å²) in [5, 5.41) is 7.72. The van der Waals surface area contributed by atoms with Crippen LogP contribution in [0.4, 0.5) is 0 Å². The second kappa shape index (κ2) is 4.35. The van der Waals surface area contributed by atoms with E-state index >= 15 is 0 Å². The van der Waals surface area contributed by atoms with E-state index in [-0.39, 0.29) is 0 Å². The van der Waals surface area contributed by atoms with E-state index in [1.807, 2.05) is 66.7 Å². The minimum absolute atomic E-state index is 0.822. The minimum atomic E-state index is 0.822. The number of hydrogen-bond acceptors (Lipinski definition) is 2. The maximum absolute atomic E-state index is 4.57. The second-order valence-electron chi connectivity index (χ2n) is 4.60. The molecule has 4 aromatic rings. The van der Waals surface area contributed by atoms with Gasteiger partial charge in [-0.05, 0) is 0 Å². The SMILES string of the molecule is c1ccc(-c2cc3nc(-c4ccccc4)[nH]n3n2)cc1. The van der Waals surface area contributed by atoms with E-state index in [0.717, 1.165) is 28.3 Å². The van der Waals surface area contributed by atoms with E-state index in [1.54, 1.807) is 4.63 Å². The van der Waals surface area contributed by atoms with Crippen LogP contribution in [0.5, 0.6) is 0 Å². The number of benzene rings is 2. The fourth-order valence-electron chi connectivity index (χ4n) is 2.25. The standard InChI is InChI=1S/C16H12N4/c1-3-7-12(8-4-1)14-11-15-17-16(19-20(15)18-14)13-9-5-2-6-10-13/h1-11H,(H,17,19). The first-order valence-electron chi connectivity index (χ1n) is 6.47. The summed E-state index contributed by atoms with van der Waals surface area (Å²) in [5.41, 5.74) is 3.89. The summed E-state index contributed by atoms with van der Waals surface area (Å²) < 4.78 is 1.71. The van der Waals surface area contributed by atoms with Gasteiger partial charge in [0.25, 0.3) is 0 Å². The van der Waals surface area contributed by atoms with Crippen molar-refractivity contribution in [2.75, 3.05) is 0 Å². The van der Waals surface area contributed by atoms with Crippen LogP contribution in [0.25, 0.3) is 28.3 Å². The zero-order chi connectivity index (χ0) is 13.4. The summed E-state index contributed by atoms with van der Waals surface area (Å²) in [6.07, 6.45) is 0. The molecule has 0 unspecified atom stereocenters. The van der Waals surface area contributed by atoms with Crippen molar-refractivity contribution in [2.45, 2.75) is 0 Å². The van der Waals surface area contributed by atoms with Gasteiger partial charge in [0.2, 0.25) is 0 Å². The van der Waals surface area contributed by atoms with Crippen LogP contribution < -0.4 is 0 Å². The number of aromatic nitrogens is 4. The summed E-state index contributed by atoms with van der Waals surface area (Å²) in [6, 6.07) is 22.1. The lowest BCUT2D eigenvalue weighted by atomic mass is 10.2. The molecule has 0 aliphatic carbocycles. The second-order valence-corrected chi connectivity index (χ2v) is 4.60. The summed E-state index contributed by atoms with van der Waals surface area (Å²) >= 11 is 0. The predicted molar refractivity (Wildman–Crippen MR) is 78.2 cm³/mol. The van der Waals surface area contributed by atoms with E-state index < -0.39 is 0 Å². The average Bonchev–Trinajstić information content (AvgIpc) is 3.08. The van der Waals surface area contributed by atoms with Crippen molar-refractivity contribution in [1.29, 1.82) is 0 Å². The van der Waals surface area contributed by atoms with Gasteiger partial charge in [-0.3, -0.25) is 5.10 Å². The largest absolute Gasteiger partial charge is 0.259 e. The molecule has 0 saturated carbocycles. The number of nitrogens with one attached hydrogen (secondary N) is 1. The molecule has 0 bridgehead atoms. The quantitative estimate of drug-likeness (QED) is 0.600. The molecule has 0 amide bonds. The number of fused-ring (bicyclic) bond motifs is 1. The Morgan fingerprint density at radius 1 is 0.800 bits per heavy atom. The van der Waals surface area contributed by atoms with Crippen molar-refractivity contribution in [3.63, 3.8) is 0 Å². The average molecular weight is 260 g/mol. The van der Waals surface area contributed by atoms with Crippen LogP contribution in [0.3, 0.4) is 0 Å². The van der Waals surface area contributed by atoms with Crippen LogP contribution in [-0.4, -0.2) is 19.8 Å². The molecular formula is C16H12N4. The van der Waals surface area contributed by atoms with Crippen LogP contribution >= 0.6 is 0 Å². The zero-order valence-corrected chi connectivity index (χ0v) is 10.7. The molecule has 0 fully saturated rings. The van der Waals surface area contributed by atoms with E-state index in [0.29, 0.717) is 0 Å². The molecule has 0 saturated heterocycles. The van der Waals surface area contributed by atoms with Gasteiger partial charge in [-0.1, -0.05) is 60.7 Å². The maximum Gasteiger partial charge on any atom is 0.176 e. The first-order chi connectivity index (χ1) is 9.90. The fraction of sp³-hybridized carbons (Fsp3) is 0. The van der Waals surface area contributed by atoms with Crippen LogP contribution in [0.1, 0.15) is 0 Å². The summed E-state index contributed by atoms with van der Waals surface area (Å²) in [4.78, 5) is 4.57. The first kappa shape index (κ1) is 11.0. The number of nitrogens with zero attached hydrogens (tertiary/aromatic N) is 3. The van der Waals surface area contributed by atoms with Crippen molar-refractivity contribution in [1.82, 2.24) is 19.8 Å². The lowest BCUT2D eigenvalue weighted by Crippen LogP contribution is -1.88. The van der Waals surface area contributed by atoms with Crippen LogP contribution in [0, 0.1) is 0 Å². The monoisotopic (exact) mass is 260 g/mol. The molecule has 4 nitrogen and oxygen atoms in total. The van der Waals surface area contributed by atoms with Gasteiger partial charge in [0.15, 0.2) is 11.5 Å². The highest BCUT2D eigenvalue weighted by molar-refractivity contribution is 5.65.